The number of rotatable bonds is 0. The third-order valence-corrected chi connectivity index (χ3v) is 3.61. The van der Waals surface area contributed by atoms with Crippen molar-refractivity contribution in [3.63, 3.8) is 0 Å². The Morgan fingerprint density at radius 1 is 1.67 bits per heavy atom. The highest BCUT2D eigenvalue weighted by Crippen LogP contribution is 2.33. The molecule has 1 nitrogen and oxygen atoms in total. The molecule has 0 aliphatic carbocycles. The molecule has 0 bridgehead atoms. The second kappa shape index (κ2) is 2.82. The number of thiophene rings is 1. The molecule has 1 unspecified atom stereocenters. The SMILES string of the molecule is CC1c2cc(F)sc2CCN1C. The number of halogens is 1. The van der Waals surface area contributed by atoms with Crippen LogP contribution < -0.4 is 0 Å². The molecule has 3 heteroatoms. The Morgan fingerprint density at radius 2 is 2.42 bits per heavy atom. The monoisotopic (exact) mass is 185 g/mol. The van der Waals surface area contributed by atoms with Gasteiger partial charge in [0.1, 0.15) is 0 Å². The molecule has 12 heavy (non-hydrogen) atoms. The summed E-state index contributed by atoms with van der Waals surface area (Å²) < 4.78 is 12.9. The summed E-state index contributed by atoms with van der Waals surface area (Å²) in [6.07, 6.45) is 1.00. The lowest BCUT2D eigenvalue weighted by Gasteiger charge is -2.29. The van der Waals surface area contributed by atoms with Crippen molar-refractivity contribution >= 4 is 11.3 Å². The molecule has 0 spiro atoms. The van der Waals surface area contributed by atoms with E-state index in [9.17, 15) is 4.39 Å². The van der Waals surface area contributed by atoms with Gasteiger partial charge in [0.05, 0.1) is 0 Å². The smallest absolute Gasteiger partial charge is 0.176 e. The molecule has 0 saturated carbocycles. The zero-order valence-electron chi connectivity index (χ0n) is 7.30. The van der Waals surface area contributed by atoms with Gasteiger partial charge in [0, 0.05) is 17.5 Å². The highest BCUT2D eigenvalue weighted by molar-refractivity contribution is 7.10. The van der Waals surface area contributed by atoms with Gasteiger partial charge >= 0.3 is 0 Å². The zero-order valence-corrected chi connectivity index (χ0v) is 8.12. The summed E-state index contributed by atoms with van der Waals surface area (Å²) in [4.78, 5) is 3.49. The Hall–Kier alpha value is -0.410. The zero-order chi connectivity index (χ0) is 8.72. The predicted octanol–water partition coefficient (Wildman–Crippen LogP) is 2.44. The fourth-order valence-corrected chi connectivity index (χ4v) is 2.63. The average Bonchev–Trinajstić information content (AvgIpc) is 2.39. The first kappa shape index (κ1) is 8.20. The number of hydrogen-bond donors (Lipinski definition) is 0. The first-order chi connectivity index (χ1) is 5.68. The number of nitrogens with zero attached hydrogens (tertiary/aromatic N) is 1. The molecule has 2 rings (SSSR count). The Morgan fingerprint density at radius 3 is 3.17 bits per heavy atom. The van der Waals surface area contributed by atoms with E-state index in [0.29, 0.717) is 6.04 Å². The average molecular weight is 185 g/mol. The molecule has 1 aromatic heterocycles. The van der Waals surface area contributed by atoms with Crippen LogP contribution >= 0.6 is 11.3 Å². The van der Waals surface area contributed by atoms with Gasteiger partial charge in [-0.15, -0.1) is 11.3 Å². The standard InChI is InChI=1S/C9H12FNS/c1-6-7-5-9(10)12-8(7)3-4-11(6)2/h5-6H,3-4H2,1-2H3. The van der Waals surface area contributed by atoms with E-state index in [-0.39, 0.29) is 5.13 Å². The maximum Gasteiger partial charge on any atom is 0.176 e. The van der Waals surface area contributed by atoms with Crippen LogP contribution in [0.2, 0.25) is 0 Å². The Bertz CT molecular complexity index is 295. The first-order valence-corrected chi connectivity index (χ1v) is 4.98. The van der Waals surface area contributed by atoms with Crippen LogP contribution in [-0.4, -0.2) is 18.5 Å². The highest BCUT2D eigenvalue weighted by Gasteiger charge is 2.23. The summed E-state index contributed by atoms with van der Waals surface area (Å²) in [5.74, 6) is 0. The Labute approximate surface area is 75.8 Å². The van der Waals surface area contributed by atoms with Gasteiger partial charge in [0.15, 0.2) is 5.13 Å². The summed E-state index contributed by atoms with van der Waals surface area (Å²) in [6.45, 7) is 3.18. The van der Waals surface area contributed by atoms with Crippen LogP contribution in [0.1, 0.15) is 23.4 Å². The van der Waals surface area contributed by atoms with Gasteiger partial charge in [0.25, 0.3) is 0 Å². The van der Waals surface area contributed by atoms with Gasteiger partial charge in [-0.1, -0.05) is 0 Å². The van der Waals surface area contributed by atoms with Crippen molar-refractivity contribution in [1.82, 2.24) is 4.90 Å². The quantitative estimate of drug-likeness (QED) is 0.600. The van der Waals surface area contributed by atoms with Crippen LogP contribution in [0, 0.1) is 5.13 Å². The van der Waals surface area contributed by atoms with Crippen LogP contribution in [0.4, 0.5) is 4.39 Å². The Kier molecular flexibility index (Phi) is 1.93. The topological polar surface area (TPSA) is 3.24 Å². The van der Waals surface area contributed by atoms with Gasteiger partial charge in [-0.05, 0) is 32.0 Å². The van der Waals surface area contributed by atoms with Crippen molar-refractivity contribution < 1.29 is 4.39 Å². The minimum absolute atomic E-state index is 0.0397. The van der Waals surface area contributed by atoms with Crippen molar-refractivity contribution in [3.8, 4) is 0 Å². The van der Waals surface area contributed by atoms with Crippen molar-refractivity contribution in [2.24, 2.45) is 0 Å². The lowest BCUT2D eigenvalue weighted by molar-refractivity contribution is 0.249. The summed E-state index contributed by atoms with van der Waals surface area (Å²) in [7, 11) is 2.09. The van der Waals surface area contributed by atoms with E-state index in [0.717, 1.165) is 13.0 Å². The molecule has 1 aromatic rings. The lowest BCUT2D eigenvalue weighted by atomic mass is 10.0. The summed E-state index contributed by atoms with van der Waals surface area (Å²) in [6, 6.07) is 2.06. The third-order valence-electron chi connectivity index (χ3n) is 2.61. The molecule has 2 heterocycles. The van der Waals surface area contributed by atoms with E-state index < -0.39 is 0 Å². The molecule has 0 N–H and O–H groups in total. The second-order valence-corrected chi connectivity index (χ2v) is 4.42. The molecule has 0 aromatic carbocycles. The number of hydrogen-bond acceptors (Lipinski definition) is 2. The van der Waals surface area contributed by atoms with Gasteiger partial charge < -0.3 is 0 Å². The minimum atomic E-state index is -0.0397. The van der Waals surface area contributed by atoms with Crippen LogP contribution in [-0.2, 0) is 6.42 Å². The molecule has 0 fully saturated rings. The van der Waals surface area contributed by atoms with E-state index in [1.54, 1.807) is 6.07 Å². The minimum Gasteiger partial charge on any atom is -0.299 e. The molecule has 1 aliphatic rings. The fourth-order valence-electron chi connectivity index (χ4n) is 1.67. The number of likely N-dealkylation sites (N-methyl/N-ethyl adjacent to an activating group) is 1. The molecular weight excluding hydrogens is 173 g/mol. The van der Waals surface area contributed by atoms with E-state index in [2.05, 4.69) is 18.9 Å². The van der Waals surface area contributed by atoms with Gasteiger partial charge in [-0.25, -0.2) is 0 Å². The molecule has 0 saturated heterocycles. The van der Waals surface area contributed by atoms with Crippen molar-refractivity contribution in [2.45, 2.75) is 19.4 Å². The molecule has 0 radical (unpaired) electrons. The van der Waals surface area contributed by atoms with Gasteiger partial charge in [0.2, 0.25) is 0 Å². The second-order valence-electron chi connectivity index (χ2n) is 3.34. The van der Waals surface area contributed by atoms with Crippen LogP contribution in [0.25, 0.3) is 0 Å². The molecular formula is C9H12FNS. The highest BCUT2D eigenvalue weighted by atomic mass is 32.1. The summed E-state index contributed by atoms with van der Waals surface area (Å²) in [5.41, 5.74) is 1.19. The first-order valence-electron chi connectivity index (χ1n) is 4.17. The van der Waals surface area contributed by atoms with E-state index in [4.69, 9.17) is 0 Å². The van der Waals surface area contributed by atoms with Crippen LogP contribution in [0.3, 0.4) is 0 Å². The fraction of sp³-hybridized carbons (Fsp3) is 0.556. The van der Waals surface area contributed by atoms with Crippen LogP contribution in [0.5, 0.6) is 0 Å². The predicted molar refractivity (Wildman–Crippen MR) is 49.0 cm³/mol. The maximum absolute atomic E-state index is 12.9. The van der Waals surface area contributed by atoms with E-state index >= 15 is 0 Å². The normalized spacial score (nSPS) is 24.1. The molecule has 0 amide bonds. The van der Waals surface area contributed by atoms with E-state index in [1.807, 2.05) is 0 Å². The third kappa shape index (κ3) is 1.17. The molecule has 1 aliphatic heterocycles. The number of fused-ring (bicyclic) bond motifs is 1. The largest absolute Gasteiger partial charge is 0.299 e. The van der Waals surface area contributed by atoms with E-state index in [1.165, 1.54) is 21.8 Å². The molecule has 66 valence electrons. The Balaban J connectivity index is 2.41. The van der Waals surface area contributed by atoms with Gasteiger partial charge in [-0.3, -0.25) is 4.90 Å². The molecule has 1 atom stereocenters. The van der Waals surface area contributed by atoms with Crippen molar-refractivity contribution in [1.29, 1.82) is 0 Å². The van der Waals surface area contributed by atoms with Crippen molar-refractivity contribution in [3.05, 3.63) is 21.6 Å². The van der Waals surface area contributed by atoms with Crippen LogP contribution in [0.15, 0.2) is 6.07 Å². The lowest BCUT2D eigenvalue weighted by Crippen LogP contribution is -2.29. The van der Waals surface area contributed by atoms with Crippen molar-refractivity contribution in [2.75, 3.05) is 13.6 Å². The summed E-state index contributed by atoms with van der Waals surface area (Å²) >= 11 is 1.30. The van der Waals surface area contributed by atoms with Gasteiger partial charge in [-0.2, -0.15) is 4.39 Å². The maximum atomic E-state index is 12.9. The summed E-state index contributed by atoms with van der Waals surface area (Å²) in [5, 5.41) is -0.0397.